The molecule has 0 N–H and O–H groups in total. The Morgan fingerprint density at radius 2 is 2.04 bits per heavy atom. The summed E-state index contributed by atoms with van der Waals surface area (Å²) >= 11 is 0. The summed E-state index contributed by atoms with van der Waals surface area (Å²) in [6.45, 7) is 8.07. The minimum atomic E-state index is -0.476. The second-order valence-corrected chi connectivity index (χ2v) is 8.25. The normalized spacial score (nSPS) is 22.2. The number of anilines is 1. The maximum atomic E-state index is 12.5. The van der Waals surface area contributed by atoms with Crippen LogP contribution in [-0.4, -0.2) is 59.3 Å². The molecule has 4 heterocycles. The summed E-state index contributed by atoms with van der Waals surface area (Å²) in [7, 11) is 1.62. The zero-order valence-corrected chi connectivity index (χ0v) is 16.3. The van der Waals surface area contributed by atoms with Crippen molar-refractivity contribution in [1.82, 2.24) is 14.9 Å². The molecule has 0 radical (unpaired) electrons. The van der Waals surface area contributed by atoms with Gasteiger partial charge in [0, 0.05) is 37.8 Å². The predicted octanol–water partition coefficient (Wildman–Crippen LogP) is 3.08. The van der Waals surface area contributed by atoms with E-state index in [1.807, 2.05) is 50.1 Å². The van der Waals surface area contributed by atoms with Gasteiger partial charge in [-0.3, -0.25) is 4.98 Å². The van der Waals surface area contributed by atoms with Crippen molar-refractivity contribution in [3.8, 4) is 5.88 Å². The van der Waals surface area contributed by atoms with Crippen molar-refractivity contribution in [3.05, 3.63) is 24.4 Å². The minimum Gasteiger partial charge on any atom is -0.481 e. The van der Waals surface area contributed by atoms with Gasteiger partial charge in [0.1, 0.15) is 11.1 Å². The SMILES string of the molecule is COc1ccc2nccc(N3CC[C@@H]4CN(C(=O)OC(C)(C)C)C[C@@H]43)c2n1. The Kier molecular flexibility index (Phi) is 4.32. The molecule has 2 saturated heterocycles. The number of carbonyl (C=O) groups excluding carboxylic acids is 1. The van der Waals surface area contributed by atoms with Crippen LogP contribution in [0.1, 0.15) is 27.2 Å². The van der Waals surface area contributed by atoms with Crippen LogP contribution in [0.15, 0.2) is 24.4 Å². The molecule has 2 aromatic heterocycles. The van der Waals surface area contributed by atoms with Gasteiger partial charge >= 0.3 is 6.09 Å². The lowest BCUT2D eigenvalue weighted by Gasteiger charge is -2.28. The fraction of sp³-hybridized carbons (Fsp3) is 0.550. The molecule has 2 aliphatic rings. The molecule has 4 rings (SSSR count). The van der Waals surface area contributed by atoms with Crippen LogP contribution in [-0.2, 0) is 4.74 Å². The summed E-state index contributed by atoms with van der Waals surface area (Å²) in [6, 6.07) is 6.04. The zero-order valence-electron chi connectivity index (χ0n) is 16.3. The highest BCUT2D eigenvalue weighted by molar-refractivity contribution is 5.88. The number of pyridine rings is 2. The van der Waals surface area contributed by atoms with E-state index in [4.69, 9.17) is 9.47 Å². The molecule has 2 aliphatic heterocycles. The Balaban J connectivity index is 1.60. The average Bonchev–Trinajstić information content (AvgIpc) is 3.20. The van der Waals surface area contributed by atoms with Gasteiger partial charge < -0.3 is 19.3 Å². The minimum absolute atomic E-state index is 0.226. The number of ether oxygens (including phenoxy) is 2. The van der Waals surface area contributed by atoms with Gasteiger partial charge in [-0.25, -0.2) is 9.78 Å². The van der Waals surface area contributed by atoms with Crippen LogP contribution in [0.2, 0.25) is 0 Å². The fourth-order valence-electron chi connectivity index (χ4n) is 4.08. The maximum absolute atomic E-state index is 12.5. The first kappa shape index (κ1) is 17.8. The van der Waals surface area contributed by atoms with Crippen molar-refractivity contribution in [2.24, 2.45) is 5.92 Å². The van der Waals surface area contributed by atoms with Crippen LogP contribution in [0.5, 0.6) is 5.88 Å². The summed E-state index contributed by atoms with van der Waals surface area (Å²) in [4.78, 5) is 25.7. The molecule has 144 valence electrons. The Morgan fingerprint density at radius 1 is 1.22 bits per heavy atom. The molecule has 0 aliphatic carbocycles. The third kappa shape index (κ3) is 3.38. The number of aromatic nitrogens is 2. The summed E-state index contributed by atoms with van der Waals surface area (Å²) in [5, 5.41) is 0. The zero-order chi connectivity index (χ0) is 19.2. The largest absolute Gasteiger partial charge is 0.481 e. The van der Waals surface area contributed by atoms with Crippen molar-refractivity contribution in [3.63, 3.8) is 0 Å². The first-order valence-electron chi connectivity index (χ1n) is 9.40. The highest BCUT2D eigenvalue weighted by Crippen LogP contribution is 2.38. The summed E-state index contributed by atoms with van der Waals surface area (Å²) in [6.07, 6.45) is 2.65. The summed E-state index contributed by atoms with van der Waals surface area (Å²) in [5.74, 6) is 1.03. The summed E-state index contributed by atoms with van der Waals surface area (Å²) in [5.41, 5.74) is 2.26. The average molecular weight is 370 g/mol. The van der Waals surface area contributed by atoms with Crippen molar-refractivity contribution in [1.29, 1.82) is 0 Å². The van der Waals surface area contributed by atoms with E-state index in [9.17, 15) is 4.79 Å². The van der Waals surface area contributed by atoms with Crippen LogP contribution >= 0.6 is 0 Å². The number of carbonyl (C=O) groups is 1. The van der Waals surface area contributed by atoms with Crippen molar-refractivity contribution >= 4 is 22.8 Å². The van der Waals surface area contributed by atoms with E-state index in [2.05, 4.69) is 14.9 Å². The number of rotatable bonds is 2. The molecule has 0 spiro atoms. The van der Waals surface area contributed by atoms with E-state index < -0.39 is 5.60 Å². The molecule has 2 aromatic rings. The fourth-order valence-corrected chi connectivity index (χ4v) is 4.08. The number of amides is 1. The third-order valence-electron chi connectivity index (χ3n) is 5.25. The van der Waals surface area contributed by atoms with Crippen LogP contribution < -0.4 is 9.64 Å². The van der Waals surface area contributed by atoms with Crippen LogP contribution in [0.3, 0.4) is 0 Å². The molecule has 1 amide bonds. The molecule has 7 heteroatoms. The van der Waals surface area contributed by atoms with Crippen LogP contribution in [0, 0.1) is 5.92 Å². The Hall–Kier alpha value is -2.57. The van der Waals surface area contributed by atoms with Gasteiger partial charge in [-0.05, 0) is 39.3 Å². The second kappa shape index (κ2) is 6.55. The molecule has 0 unspecified atom stereocenters. The number of likely N-dealkylation sites (tertiary alicyclic amines) is 1. The molecular weight excluding hydrogens is 344 g/mol. The van der Waals surface area contributed by atoms with Gasteiger partial charge in [0.15, 0.2) is 0 Å². The number of methoxy groups -OCH3 is 1. The van der Waals surface area contributed by atoms with Gasteiger partial charge in [-0.2, -0.15) is 0 Å². The van der Waals surface area contributed by atoms with E-state index in [-0.39, 0.29) is 12.1 Å². The monoisotopic (exact) mass is 370 g/mol. The first-order valence-corrected chi connectivity index (χ1v) is 9.40. The van der Waals surface area contributed by atoms with Crippen molar-refractivity contribution in [2.75, 3.05) is 31.6 Å². The topological polar surface area (TPSA) is 67.8 Å². The molecule has 0 bridgehead atoms. The first-order chi connectivity index (χ1) is 12.9. The van der Waals surface area contributed by atoms with E-state index >= 15 is 0 Å². The molecule has 7 nitrogen and oxygen atoms in total. The molecule has 2 atom stereocenters. The lowest BCUT2D eigenvalue weighted by Crippen LogP contribution is -2.39. The van der Waals surface area contributed by atoms with Gasteiger partial charge in [-0.15, -0.1) is 0 Å². The molecule has 0 saturated carbocycles. The molecular formula is C20H26N4O3. The van der Waals surface area contributed by atoms with E-state index in [1.54, 1.807) is 7.11 Å². The standard InChI is InChI=1S/C20H26N4O3/c1-20(2,3)27-19(25)23-11-13-8-10-24(16(13)12-23)15-7-9-21-14-5-6-17(26-4)22-18(14)15/h5-7,9,13,16H,8,10-12H2,1-4H3/t13-,16+/m1/s1. The lowest BCUT2D eigenvalue weighted by atomic mass is 10.0. The van der Waals surface area contributed by atoms with Gasteiger partial charge in [-0.1, -0.05) is 0 Å². The molecule has 0 aromatic carbocycles. The van der Waals surface area contributed by atoms with Gasteiger partial charge in [0.25, 0.3) is 0 Å². The highest BCUT2D eigenvalue weighted by Gasteiger charge is 2.44. The molecule has 27 heavy (non-hydrogen) atoms. The van der Waals surface area contributed by atoms with Crippen LogP contribution in [0.25, 0.3) is 11.0 Å². The third-order valence-corrected chi connectivity index (χ3v) is 5.25. The Bertz CT molecular complexity index is 864. The second-order valence-electron chi connectivity index (χ2n) is 8.25. The quantitative estimate of drug-likeness (QED) is 0.809. The Morgan fingerprint density at radius 3 is 2.78 bits per heavy atom. The number of hydrogen-bond acceptors (Lipinski definition) is 6. The van der Waals surface area contributed by atoms with E-state index in [0.29, 0.717) is 18.3 Å². The summed E-state index contributed by atoms with van der Waals surface area (Å²) < 4.78 is 10.9. The van der Waals surface area contributed by atoms with Crippen molar-refractivity contribution < 1.29 is 14.3 Å². The number of fused-ring (bicyclic) bond motifs is 2. The Labute approximate surface area is 159 Å². The van der Waals surface area contributed by atoms with Crippen LogP contribution in [0.4, 0.5) is 10.5 Å². The van der Waals surface area contributed by atoms with Crippen molar-refractivity contribution in [2.45, 2.75) is 38.8 Å². The van der Waals surface area contributed by atoms with Gasteiger partial charge in [0.05, 0.1) is 24.4 Å². The molecule has 2 fully saturated rings. The maximum Gasteiger partial charge on any atom is 0.410 e. The predicted molar refractivity (Wildman–Crippen MR) is 103 cm³/mol. The number of nitrogens with zero attached hydrogens (tertiary/aromatic N) is 4. The highest BCUT2D eigenvalue weighted by atomic mass is 16.6. The van der Waals surface area contributed by atoms with E-state index in [1.165, 1.54) is 0 Å². The lowest BCUT2D eigenvalue weighted by molar-refractivity contribution is 0.0284. The van der Waals surface area contributed by atoms with Gasteiger partial charge in [0.2, 0.25) is 5.88 Å². The van der Waals surface area contributed by atoms with E-state index in [0.717, 1.165) is 36.2 Å². The number of hydrogen-bond donors (Lipinski definition) is 0. The smallest absolute Gasteiger partial charge is 0.410 e.